The van der Waals surface area contributed by atoms with Gasteiger partial charge in [-0.15, -0.1) is 0 Å². The SMILES string of the molecule is Cc1ccccc1[C@H](NC(=O)CN(c1ccccc1)S(=O)(=O)c1ccc(Cl)cc1)c1ccccc1. The molecule has 1 amide bonds. The summed E-state index contributed by atoms with van der Waals surface area (Å²) in [6.07, 6.45) is 0. The first-order valence-electron chi connectivity index (χ1n) is 11.1. The highest BCUT2D eigenvalue weighted by Gasteiger charge is 2.28. The minimum absolute atomic E-state index is 0.0528. The van der Waals surface area contributed by atoms with E-state index < -0.39 is 22.0 Å². The summed E-state index contributed by atoms with van der Waals surface area (Å²) in [7, 11) is -4.03. The van der Waals surface area contributed by atoms with E-state index in [1.165, 1.54) is 24.3 Å². The number of carbonyl (C=O) groups excluding carboxylic acids is 1. The van der Waals surface area contributed by atoms with Gasteiger partial charge < -0.3 is 5.32 Å². The number of nitrogens with zero attached hydrogens (tertiary/aromatic N) is 1. The Labute approximate surface area is 211 Å². The lowest BCUT2D eigenvalue weighted by Crippen LogP contribution is -2.42. The molecule has 178 valence electrons. The molecule has 0 unspecified atom stereocenters. The van der Waals surface area contributed by atoms with Crippen LogP contribution in [-0.2, 0) is 14.8 Å². The number of hydrogen-bond acceptors (Lipinski definition) is 3. The molecule has 4 aromatic carbocycles. The Balaban J connectivity index is 1.68. The summed E-state index contributed by atoms with van der Waals surface area (Å²) in [5.41, 5.74) is 3.26. The van der Waals surface area contributed by atoms with E-state index in [4.69, 9.17) is 11.6 Å². The summed E-state index contributed by atoms with van der Waals surface area (Å²) >= 11 is 5.96. The van der Waals surface area contributed by atoms with E-state index in [1.807, 2.05) is 61.5 Å². The third kappa shape index (κ3) is 5.73. The summed E-state index contributed by atoms with van der Waals surface area (Å²) in [6.45, 7) is 1.60. The molecule has 1 atom stereocenters. The molecule has 1 N–H and O–H groups in total. The van der Waals surface area contributed by atoms with Crippen LogP contribution in [0.4, 0.5) is 5.69 Å². The number of benzene rings is 4. The maximum absolute atomic E-state index is 13.6. The lowest BCUT2D eigenvalue weighted by molar-refractivity contribution is -0.120. The van der Waals surface area contributed by atoms with E-state index >= 15 is 0 Å². The molecule has 0 bridgehead atoms. The number of rotatable bonds is 8. The molecule has 0 heterocycles. The fourth-order valence-electron chi connectivity index (χ4n) is 3.88. The van der Waals surface area contributed by atoms with Crippen LogP contribution < -0.4 is 9.62 Å². The van der Waals surface area contributed by atoms with Crippen LogP contribution in [0.25, 0.3) is 0 Å². The molecule has 7 heteroatoms. The van der Waals surface area contributed by atoms with Crippen molar-refractivity contribution < 1.29 is 13.2 Å². The average molecular weight is 505 g/mol. The lowest BCUT2D eigenvalue weighted by Gasteiger charge is -2.26. The summed E-state index contributed by atoms with van der Waals surface area (Å²) in [6, 6.07) is 31.5. The molecule has 4 aromatic rings. The van der Waals surface area contributed by atoms with Crippen molar-refractivity contribution in [2.75, 3.05) is 10.8 Å². The van der Waals surface area contributed by atoms with Crippen LogP contribution in [0.1, 0.15) is 22.7 Å². The van der Waals surface area contributed by atoms with Crippen LogP contribution in [0.15, 0.2) is 114 Å². The second kappa shape index (κ2) is 10.8. The molecule has 4 rings (SSSR count). The third-order valence-corrected chi connectivity index (χ3v) is 7.71. The van der Waals surface area contributed by atoms with Crippen LogP contribution in [0.5, 0.6) is 0 Å². The molecular formula is C28H25ClN2O3S. The average Bonchev–Trinajstić information content (AvgIpc) is 2.87. The maximum atomic E-state index is 13.6. The summed E-state index contributed by atoms with van der Waals surface area (Å²) < 4.78 is 28.2. The predicted octanol–water partition coefficient (Wildman–Crippen LogP) is 5.75. The summed E-state index contributed by atoms with van der Waals surface area (Å²) in [4.78, 5) is 13.4. The molecular weight excluding hydrogens is 480 g/mol. The number of anilines is 1. The predicted molar refractivity (Wildman–Crippen MR) is 140 cm³/mol. The highest BCUT2D eigenvalue weighted by atomic mass is 35.5. The van der Waals surface area contributed by atoms with Crippen LogP contribution in [0, 0.1) is 6.92 Å². The van der Waals surface area contributed by atoms with Crippen LogP contribution in [0.3, 0.4) is 0 Å². The number of aryl methyl sites for hydroxylation is 1. The highest BCUT2D eigenvalue weighted by Crippen LogP contribution is 2.27. The molecule has 5 nitrogen and oxygen atoms in total. The summed E-state index contributed by atoms with van der Waals surface area (Å²) in [5.74, 6) is -0.427. The van der Waals surface area contributed by atoms with Crippen molar-refractivity contribution in [1.82, 2.24) is 5.32 Å². The number of sulfonamides is 1. The van der Waals surface area contributed by atoms with E-state index in [2.05, 4.69) is 5.32 Å². The van der Waals surface area contributed by atoms with Gasteiger partial charge in [0.15, 0.2) is 0 Å². The molecule has 0 spiro atoms. The second-order valence-electron chi connectivity index (χ2n) is 8.07. The Morgan fingerprint density at radius 3 is 2.03 bits per heavy atom. The molecule has 0 saturated heterocycles. The van der Waals surface area contributed by atoms with Crippen molar-refractivity contribution in [1.29, 1.82) is 0 Å². The molecule has 0 radical (unpaired) electrons. The molecule has 0 saturated carbocycles. The highest BCUT2D eigenvalue weighted by molar-refractivity contribution is 7.92. The van der Waals surface area contributed by atoms with E-state index in [-0.39, 0.29) is 11.4 Å². The van der Waals surface area contributed by atoms with Gasteiger partial charge in [0, 0.05) is 5.02 Å². The molecule has 0 aliphatic carbocycles. The fraction of sp³-hybridized carbons (Fsp3) is 0.107. The number of nitrogens with one attached hydrogen (secondary N) is 1. The summed E-state index contributed by atoms with van der Waals surface area (Å²) in [5, 5.41) is 3.48. The van der Waals surface area contributed by atoms with Gasteiger partial charge in [-0.05, 0) is 60.0 Å². The minimum Gasteiger partial charge on any atom is -0.344 e. The number of para-hydroxylation sites is 1. The Hall–Kier alpha value is -3.61. The van der Waals surface area contributed by atoms with Crippen molar-refractivity contribution in [2.24, 2.45) is 0 Å². The first-order valence-corrected chi connectivity index (χ1v) is 12.9. The van der Waals surface area contributed by atoms with Crippen LogP contribution in [0.2, 0.25) is 5.02 Å². The van der Waals surface area contributed by atoms with Gasteiger partial charge in [-0.2, -0.15) is 0 Å². The van der Waals surface area contributed by atoms with Crippen molar-refractivity contribution >= 4 is 33.2 Å². The van der Waals surface area contributed by atoms with Gasteiger partial charge in [0.25, 0.3) is 10.0 Å². The smallest absolute Gasteiger partial charge is 0.264 e. The fourth-order valence-corrected chi connectivity index (χ4v) is 5.42. The monoisotopic (exact) mass is 504 g/mol. The van der Waals surface area contributed by atoms with Gasteiger partial charge in [0.1, 0.15) is 6.54 Å². The van der Waals surface area contributed by atoms with Crippen molar-refractivity contribution in [3.05, 3.63) is 131 Å². The first kappa shape index (κ1) is 24.5. The van der Waals surface area contributed by atoms with Gasteiger partial charge in [-0.1, -0.05) is 84.4 Å². The standard InChI is InChI=1S/C28H25ClN2O3S/c1-21-10-8-9-15-26(21)28(22-11-4-2-5-12-22)30-27(32)20-31(24-13-6-3-7-14-24)35(33,34)25-18-16-23(29)17-19-25/h2-19,28H,20H2,1H3,(H,30,32)/t28-/m1/s1. The maximum Gasteiger partial charge on any atom is 0.264 e. The molecule has 0 fully saturated rings. The van der Waals surface area contributed by atoms with Crippen molar-refractivity contribution in [3.63, 3.8) is 0 Å². The van der Waals surface area contributed by atoms with Gasteiger partial charge in [0.2, 0.25) is 5.91 Å². The normalized spacial score (nSPS) is 12.1. The molecule has 35 heavy (non-hydrogen) atoms. The zero-order valence-electron chi connectivity index (χ0n) is 19.1. The minimum atomic E-state index is -4.03. The molecule has 0 aliphatic heterocycles. The molecule has 0 aromatic heterocycles. The zero-order chi connectivity index (χ0) is 24.8. The second-order valence-corrected chi connectivity index (χ2v) is 10.4. The Kier molecular flexibility index (Phi) is 7.54. The number of hydrogen-bond donors (Lipinski definition) is 1. The Morgan fingerprint density at radius 2 is 1.40 bits per heavy atom. The van der Waals surface area contributed by atoms with Gasteiger partial charge in [0.05, 0.1) is 16.6 Å². The number of halogens is 1. The Bertz CT molecular complexity index is 1390. The van der Waals surface area contributed by atoms with Gasteiger partial charge >= 0.3 is 0 Å². The van der Waals surface area contributed by atoms with Gasteiger partial charge in [-0.25, -0.2) is 8.42 Å². The number of carbonyl (C=O) groups is 1. The Morgan fingerprint density at radius 1 is 0.829 bits per heavy atom. The zero-order valence-corrected chi connectivity index (χ0v) is 20.7. The van der Waals surface area contributed by atoms with Crippen LogP contribution in [-0.4, -0.2) is 20.9 Å². The van der Waals surface area contributed by atoms with Crippen molar-refractivity contribution in [3.8, 4) is 0 Å². The van der Waals surface area contributed by atoms with E-state index in [1.54, 1.807) is 30.3 Å². The lowest BCUT2D eigenvalue weighted by atomic mass is 9.95. The third-order valence-electron chi connectivity index (χ3n) is 5.67. The first-order chi connectivity index (χ1) is 16.9. The number of amides is 1. The topological polar surface area (TPSA) is 66.5 Å². The van der Waals surface area contributed by atoms with E-state index in [0.717, 1.165) is 21.0 Å². The van der Waals surface area contributed by atoms with Crippen molar-refractivity contribution in [2.45, 2.75) is 17.9 Å². The largest absolute Gasteiger partial charge is 0.344 e. The van der Waals surface area contributed by atoms with E-state index in [0.29, 0.717) is 10.7 Å². The van der Waals surface area contributed by atoms with E-state index in [9.17, 15) is 13.2 Å². The quantitative estimate of drug-likeness (QED) is 0.332. The van der Waals surface area contributed by atoms with Gasteiger partial charge in [-0.3, -0.25) is 9.10 Å². The molecule has 0 aliphatic rings. The van der Waals surface area contributed by atoms with Crippen LogP contribution >= 0.6 is 11.6 Å².